The van der Waals surface area contributed by atoms with E-state index in [9.17, 15) is 9.59 Å². The van der Waals surface area contributed by atoms with Crippen molar-refractivity contribution in [3.63, 3.8) is 0 Å². The lowest BCUT2D eigenvalue weighted by Gasteiger charge is -2.02. The van der Waals surface area contributed by atoms with Crippen LogP contribution in [0.2, 0.25) is 0 Å². The number of amides is 1. The van der Waals surface area contributed by atoms with Gasteiger partial charge in [0.1, 0.15) is 0 Å². The summed E-state index contributed by atoms with van der Waals surface area (Å²) >= 11 is 1.44. The van der Waals surface area contributed by atoms with E-state index in [2.05, 4.69) is 20.6 Å². The molecule has 0 atom stereocenters. The number of aryl methyl sites for hydroxylation is 1. The second kappa shape index (κ2) is 8.46. The SMILES string of the molecule is CCCc1[nH]n(-c2nc3ccccc3s2)c(=O)c1C(C)=NNC(=O)c1ccccc1. The average molecular weight is 420 g/mol. The molecule has 2 aromatic heterocycles. The quantitative estimate of drug-likeness (QED) is 0.367. The number of hydrazone groups is 1. The Morgan fingerprint density at radius 3 is 2.63 bits per heavy atom. The fourth-order valence-corrected chi connectivity index (χ4v) is 4.15. The number of thiazole rings is 1. The minimum atomic E-state index is -0.325. The van der Waals surface area contributed by atoms with Crippen molar-refractivity contribution < 1.29 is 4.79 Å². The number of benzene rings is 2. The van der Waals surface area contributed by atoms with Gasteiger partial charge in [0.05, 0.1) is 21.5 Å². The Hall–Kier alpha value is -3.52. The lowest BCUT2D eigenvalue weighted by molar-refractivity contribution is 0.0955. The number of hydrogen-bond donors (Lipinski definition) is 2. The minimum absolute atomic E-state index is 0.229. The summed E-state index contributed by atoms with van der Waals surface area (Å²) in [5, 5.41) is 7.95. The molecule has 0 aliphatic rings. The van der Waals surface area contributed by atoms with E-state index in [-0.39, 0.29) is 11.5 Å². The van der Waals surface area contributed by atoms with E-state index in [0.717, 1.165) is 22.3 Å². The Balaban J connectivity index is 1.70. The highest BCUT2D eigenvalue weighted by Gasteiger charge is 2.19. The van der Waals surface area contributed by atoms with Crippen molar-refractivity contribution in [2.45, 2.75) is 26.7 Å². The predicted molar refractivity (Wildman–Crippen MR) is 120 cm³/mol. The average Bonchev–Trinajstić information content (AvgIpc) is 3.33. The maximum atomic E-state index is 13.2. The van der Waals surface area contributed by atoms with Crippen molar-refractivity contribution >= 4 is 33.2 Å². The topological polar surface area (TPSA) is 92.1 Å². The van der Waals surface area contributed by atoms with Crippen LogP contribution in [-0.4, -0.2) is 26.4 Å². The molecule has 0 bridgehead atoms. The molecule has 1 amide bonds. The third-order valence-corrected chi connectivity index (χ3v) is 5.68. The van der Waals surface area contributed by atoms with Crippen molar-refractivity contribution in [2.24, 2.45) is 5.10 Å². The van der Waals surface area contributed by atoms with Crippen molar-refractivity contribution in [3.8, 4) is 5.13 Å². The monoisotopic (exact) mass is 419 g/mol. The number of carbonyl (C=O) groups excluding carboxylic acids is 1. The number of nitrogens with one attached hydrogen (secondary N) is 2. The summed E-state index contributed by atoms with van der Waals surface area (Å²) in [5.41, 5.74) is 5.34. The molecule has 0 spiro atoms. The number of carbonyl (C=O) groups is 1. The molecule has 2 N–H and O–H groups in total. The lowest BCUT2D eigenvalue weighted by atomic mass is 10.1. The maximum absolute atomic E-state index is 13.2. The zero-order valence-corrected chi connectivity index (χ0v) is 17.5. The molecule has 0 fully saturated rings. The molecule has 0 saturated heterocycles. The van der Waals surface area contributed by atoms with Crippen LogP contribution in [0.25, 0.3) is 15.3 Å². The molecule has 0 radical (unpaired) electrons. The summed E-state index contributed by atoms with van der Waals surface area (Å²) in [6.07, 6.45) is 1.54. The van der Waals surface area contributed by atoms with Crippen LogP contribution in [0.15, 0.2) is 64.5 Å². The number of aromatic nitrogens is 3. The summed E-state index contributed by atoms with van der Waals surface area (Å²) in [6, 6.07) is 16.6. The van der Waals surface area contributed by atoms with Crippen LogP contribution in [0.4, 0.5) is 0 Å². The number of H-pyrrole nitrogens is 1. The zero-order valence-electron chi connectivity index (χ0n) is 16.7. The molecule has 0 saturated carbocycles. The number of fused-ring (bicyclic) bond motifs is 1. The summed E-state index contributed by atoms with van der Waals surface area (Å²) in [5.74, 6) is -0.325. The predicted octanol–water partition coefficient (Wildman–Crippen LogP) is 3.88. The van der Waals surface area contributed by atoms with E-state index in [1.54, 1.807) is 31.2 Å². The van der Waals surface area contributed by atoms with Gasteiger partial charge in [-0.25, -0.2) is 10.4 Å². The second-order valence-corrected chi connectivity index (χ2v) is 7.83. The Labute approximate surface area is 177 Å². The standard InChI is InChI=1S/C22H21N5O2S/c1-3-9-17-19(14(2)24-25-20(28)15-10-5-4-6-11-15)21(29)27(26-17)22-23-16-12-7-8-13-18(16)30-22/h4-8,10-13,26H,3,9H2,1-2H3,(H,25,28). The maximum Gasteiger partial charge on any atom is 0.282 e. The molecule has 7 nitrogen and oxygen atoms in total. The highest BCUT2D eigenvalue weighted by molar-refractivity contribution is 7.20. The fourth-order valence-electron chi connectivity index (χ4n) is 3.22. The molecular formula is C22H21N5O2S. The number of hydrogen-bond acceptors (Lipinski definition) is 5. The Bertz CT molecular complexity index is 1250. The molecule has 0 aliphatic carbocycles. The van der Waals surface area contributed by atoms with E-state index >= 15 is 0 Å². The van der Waals surface area contributed by atoms with Crippen LogP contribution in [0.3, 0.4) is 0 Å². The van der Waals surface area contributed by atoms with E-state index in [1.807, 2.05) is 37.3 Å². The molecule has 2 heterocycles. The van der Waals surface area contributed by atoms with Crippen LogP contribution < -0.4 is 11.0 Å². The lowest BCUT2D eigenvalue weighted by Crippen LogP contribution is -2.23. The molecule has 30 heavy (non-hydrogen) atoms. The Morgan fingerprint density at radius 2 is 1.90 bits per heavy atom. The Kier molecular flexibility index (Phi) is 5.58. The second-order valence-electron chi connectivity index (χ2n) is 6.82. The summed E-state index contributed by atoms with van der Waals surface area (Å²) in [7, 11) is 0. The van der Waals surface area contributed by atoms with Crippen molar-refractivity contribution in [2.75, 3.05) is 0 Å². The van der Waals surface area contributed by atoms with E-state index in [4.69, 9.17) is 0 Å². The largest absolute Gasteiger partial charge is 0.292 e. The van der Waals surface area contributed by atoms with Crippen LogP contribution in [0.5, 0.6) is 0 Å². The van der Waals surface area contributed by atoms with E-state index < -0.39 is 0 Å². The van der Waals surface area contributed by atoms with Gasteiger partial charge in [-0.05, 0) is 37.6 Å². The molecule has 0 unspecified atom stereocenters. The van der Waals surface area contributed by atoms with E-state index in [1.165, 1.54) is 16.0 Å². The molecular weight excluding hydrogens is 398 g/mol. The zero-order chi connectivity index (χ0) is 21.1. The van der Waals surface area contributed by atoms with Gasteiger partial charge in [-0.1, -0.05) is 55.0 Å². The molecule has 0 aliphatic heterocycles. The van der Waals surface area contributed by atoms with Gasteiger partial charge in [0.25, 0.3) is 11.5 Å². The summed E-state index contributed by atoms with van der Waals surface area (Å²) in [4.78, 5) is 30.1. The third-order valence-electron chi connectivity index (χ3n) is 4.66. The molecule has 4 rings (SSSR count). The number of nitrogens with zero attached hydrogens (tertiary/aromatic N) is 3. The van der Waals surface area contributed by atoms with Crippen molar-refractivity contribution in [1.82, 2.24) is 20.2 Å². The third kappa shape index (κ3) is 3.81. The first-order valence-electron chi connectivity index (χ1n) is 9.68. The summed E-state index contributed by atoms with van der Waals surface area (Å²) in [6.45, 7) is 3.76. The van der Waals surface area contributed by atoms with Gasteiger partial charge >= 0.3 is 0 Å². The number of para-hydroxylation sites is 1. The minimum Gasteiger partial charge on any atom is -0.292 e. The van der Waals surface area contributed by atoms with Crippen LogP contribution in [0.1, 0.15) is 41.9 Å². The van der Waals surface area contributed by atoms with Gasteiger partial charge in [-0.3, -0.25) is 14.7 Å². The smallest absolute Gasteiger partial charge is 0.282 e. The summed E-state index contributed by atoms with van der Waals surface area (Å²) < 4.78 is 2.47. The normalized spacial score (nSPS) is 11.7. The van der Waals surface area contributed by atoms with Crippen LogP contribution in [-0.2, 0) is 6.42 Å². The number of rotatable bonds is 6. The highest BCUT2D eigenvalue weighted by Crippen LogP contribution is 2.24. The molecule has 2 aromatic carbocycles. The molecule has 4 aromatic rings. The first kappa shape index (κ1) is 19.8. The highest BCUT2D eigenvalue weighted by atomic mass is 32.1. The number of aromatic amines is 1. The Morgan fingerprint density at radius 1 is 1.17 bits per heavy atom. The van der Waals surface area contributed by atoms with Crippen molar-refractivity contribution in [1.29, 1.82) is 0 Å². The molecule has 152 valence electrons. The van der Waals surface area contributed by atoms with Gasteiger partial charge in [-0.15, -0.1) is 0 Å². The van der Waals surface area contributed by atoms with E-state index in [0.29, 0.717) is 28.4 Å². The molecule has 8 heteroatoms. The van der Waals surface area contributed by atoms with Crippen LogP contribution in [0, 0.1) is 0 Å². The fraction of sp³-hybridized carbons (Fsp3) is 0.182. The van der Waals surface area contributed by atoms with Gasteiger partial charge < -0.3 is 0 Å². The first-order chi connectivity index (χ1) is 14.6. The van der Waals surface area contributed by atoms with Crippen LogP contribution >= 0.6 is 11.3 Å². The van der Waals surface area contributed by atoms with Gasteiger partial charge in [0.15, 0.2) is 0 Å². The van der Waals surface area contributed by atoms with Gasteiger partial charge in [0, 0.05) is 11.3 Å². The van der Waals surface area contributed by atoms with Gasteiger partial charge in [-0.2, -0.15) is 9.78 Å². The van der Waals surface area contributed by atoms with Gasteiger partial charge in [0.2, 0.25) is 5.13 Å². The first-order valence-corrected chi connectivity index (χ1v) is 10.5. The van der Waals surface area contributed by atoms with Crippen molar-refractivity contribution in [3.05, 3.63) is 81.8 Å².